The molecular formula is C21H28N2O4S. The van der Waals surface area contributed by atoms with Gasteiger partial charge in [-0.25, -0.2) is 14.6 Å². The van der Waals surface area contributed by atoms with Crippen molar-refractivity contribution in [2.24, 2.45) is 0 Å². The number of ether oxygens (including phenoxy) is 2. The molecule has 152 valence electrons. The van der Waals surface area contributed by atoms with Crippen LogP contribution < -0.4 is 0 Å². The Morgan fingerprint density at radius 3 is 2.39 bits per heavy atom. The highest BCUT2D eigenvalue weighted by atomic mass is 32.2. The Labute approximate surface area is 170 Å². The molecule has 0 spiro atoms. The van der Waals surface area contributed by atoms with Crippen LogP contribution in [0.1, 0.15) is 65.8 Å². The Bertz CT molecular complexity index is 799. The van der Waals surface area contributed by atoms with E-state index < -0.39 is 0 Å². The molecule has 1 aromatic heterocycles. The fourth-order valence-corrected chi connectivity index (χ4v) is 3.63. The molecule has 1 aromatic carbocycles. The van der Waals surface area contributed by atoms with Crippen molar-refractivity contribution in [1.29, 1.82) is 0 Å². The van der Waals surface area contributed by atoms with Crippen molar-refractivity contribution >= 4 is 23.7 Å². The van der Waals surface area contributed by atoms with Gasteiger partial charge in [0.1, 0.15) is 10.9 Å². The summed E-state index contributed by atoms with van der Waals surface area (Å²) in [5.74, 6) is 0.995. The third-order valence-corrected chi connectivity index (χ3v) is 5.08. The van der Waals surface area contributed by atoms with Crippen LogP contribution in [0.15, 0.2) is 29.3 Å². The van der Waals surface area contributed by atoms with Gasteiger partial charge in [0.2, 0.25) is 0 Å². The second-order valence-corrected chi connectivity index (χ2v) is 7.47. The lowest BCUT2D eigenvalue weighted by Gasteiger charge is -2.12. The number of nitrogens with zero attached hydrogens (tertiary/aromatic N) is 2. The summed E-state index contributed by atoms with van der Waals surface area (Å²) in [6, 6.07) is 7.21. The number of hydrogen-bond donors (Lipinski definition) is 0. The van der Waals surface area contributed by atoms with Crippen LogP contribution in [0.4, 0.5) is 0 Å². The minimum atomic E-state index is -0.369. The number of hydrogen-bond acceptors (Lipinski definition) is 6. The summed E-state index contributed by atoms with van der Waals surface area (Å²) in [4.78, 5) is 29.1. The highest BCUT2D eigenvalue weighted by molar-refractivity contribution is 7.99. The third-order valence-electron chi connectivity index (χ3n) is 4.23. The Hall–Kier alpha value is -2.28. The molecule has 1 heterocycles. The molecule has 2 aromatic rings. The summed E-state index contributed by atoms with van der Waals surface area (Å²) >= 11 is 1.55. The number of aromatic nitrogens is 2. The predicted octanol–water partition coefficient (Wildman–Crippen LogP) is 4.35. The molecule has 0 saturated heterocycles. The number of methoxy groups -OCH3 is 1. The minimum Gasteiger partial charge on any atom is -0.465 e. The summed E-state index contributed by atoms with van der Waals surface area (Å²) in [6.45, 7) is 6.78. The van der Waals surface area contributed by atoms with E-state index in [2.05, 4.69) is 6.92 Å². The molecule has 0 N–H and O–H groups in total. The zero-order valence-corrected chi connectivity index (χ0v) is 17.8. The van der Waals surface area contributed by atoms with Crippen molar-refractivity contribution in [3.05, 3.63) is 46.9 Å². The third kappa shape index (κ3) is 5.38. The van der Waals surface area contributed by atoms with Gasteiger partial charge in [0.15, 0.2) is 5.69 Å². The molecule has 0 aliphatic rings. The van der Waals surface area contributed by atoms with Crippen LogP contribution >= 0.6 is 11.8 Å². The molecule has 28 heavy (non-hydrogen) atoms. The molecule has 2 rings (SSSR count). The van der Waals surface area contributed by atoms with Crippen molar-refractivity contribution < 1.29 is 19.1 Å². The van der Waals surface area contributed by atoms with Crippen molar-refractivity contribution in [3.63, 3.8) is 0 Å². The standard InChI is InChI=1S/C21H28N2O4S/c1-5-8-9-17-22-19(28-7-3)18(21(25)27-6-2)23(17)14-15-10-12-16(13-11-15)20(24)26-4/h10-13H,5-9,14H2,1-4H3. The normalized spacial score (nSPS) is 10.7. The van der Waals surface area contributed by atoms with Gasteiger partial charge in [-0.15, -0.1) is 11.8 Å². The SMILES string of the molecule is CCCCc1nc(SCC)c(C(=O)OCC)n1Cc1ccc(C(=O)OC)cc1. The average Bonchev–Trinajstić information content (AvgIpc) is 3.03. The van der Waals surface area contributed by atoms with Crippen molar-refractivity contribution in [2.75, 3.05) is 19.5 Å². The summed E-state index contributed by atoms with van der Waals surface area (Å²) in [5.41, 5.74) is 1.98. The smallest absolute Gasteiger partial charge is 0.357 e. The maximum atomic E-state index is 12.7. The molecule has 0 saturated carbocycles. The van der Waals surface area contributed by atoms with E-state index in [0.29, 0.717) is 24.4 Å². The number of esters is 2. The zero-order chi connectivity index (χ0) is 20.5. The Morgan fingerprint density at radius 2 is 1.82 bits per heavy atom. The number of carbonyl (C=O) groups is 2. The van der Waals surface area contributed by atoms with Gasteiger partial charge in [0, 0.05) is 13.0 Å². The predicted molar refractivity (Wildman–Crippen MR) is 110 cm³/mol. The lowest BCUT2D eigenvalue weighted by atomic mass is 10.1. The van der Waals surface area contributed by atoms with Gasteiger partial charge in [-0.3, -0.25) is 0 Å². The fourth-order valence-electron chi connectivity index (χ4n) is 2.85. The fraction of sp³-hybridized carbons (Fsp3) is 0.476. The molecule has 0 atom stereocenters. The van der Waals surface area contributed by atoms with E-state index in [1.165, 1.54) is 7.11 Å². The van der Waals surface area contributed by atoms with E-state index in [1.54, 1.807) is 30.8 Å². The Kier molecular flexibility index (Phi) is 8.57. The monoisotopic (exact) mass is 404 g/mol. The number of benzene rings is 1. The van der Waals surface area contributed by atoms with E-state index in [1.807, 2.05) is 23.6 Å². The van der Waals surface area contributed by atoms with Gasteiger partial charge in [0.25, 0.3) is 0 Å². The second kappa shape index (κ2) is 10.9. The summed E-state index contributed by atoms with van der Waals surface area (Å²) in [7, 11) is 1.36. The van der Waals surface area contributed by atoms with Crippen LogP contribution in [-0.2, 0) is 22.4 Å². The largest absolute Gasteiger partial charge is 0.465 e. The van der Waals surface area contributed by atoms with Crippen LogP contribution in [-0.4, -0.2) is 41.0 Å². The maximum Gasteiger partial charge on any atom is 0.357 e. The molecule has 0 bridgehead atoms. The van der Waals surface area contributed by atoms with Crippen molar-refractivity contribution in [2.45, 2.75) is 51.6 Å². The molecule has 0 aliphatic heterocycles. The first kappa shape index (κ1) is 22.0. The topological polar surface area (TPSA) is 70.4 Å². The van der Waals surface area contributed by atoms with Gasteiger partial charge in [0.05, 0.1) is 19.3 Å². The molecule has 7 heteroatoms. The second-order valence-electron chi connectivity index (χ2n) is 6.21. The van der Waals surface area contributed by atoms with Crippen LogP contribution in [0.5, 0.6) is 0 Å². The van der Waals surface area contributed by atoms with Gasteiger partial charge in [-0.05, 0) is 36.8 Å². The number of imidazole rings is 1. The minimum absolute atomic E-state index is 0.318. The Balaban J connectivity index is 2.43. The molecule has 0 aliphatic carbocycles. The highest BCUT2D eigenvalue weighted by Crippen LogP contribution is 2.26. The van der Waals surface area contributed by atoms with E-state index in [-0.39, 0.29) is 11.9 Å². The molecule has 0 amide bonds. The molecule has 6 nitrogen and oxygen atoms in total. The Morgan fingerprint density at radius 1 is 1.11 bits per heavy atom. The van der Waals surface area contributed by atoms with E-state index in [4.69, 9.17) is 14.5 Å². The lowest BCUT2D eigenvalue weighted by molar-refractivity contribution is 0.0508. The van der Waals surface area contributed by atoms with E-state index in [0.717, 1.165) is 41.4 Å². The molecule has 0 fully saturated rings. The molecule has 0 unspecified atom stereocenters. The number of carbonyl (C=O) groups excluding carboxylic acids is 2. The van der Waals surface area contributed by atoms with Gasteiger partial charge < -0.3 is 14.0 Å². The lowest BCUT2D eigenvalue weighted by Crippen LogP contribution is -2.16. The number of rotatable bonds is 10. The van der Waals surface area contributed by atoms with Crippen LogP contribution in [0.2, 0.25) is 0 Å². The molecular weight excluding hydrogens is 376 g/mol. The first-order chi connectivity index (χ1) is 13.5. The van der Waals surface area contributed by atoms with Crippen molar-refractivity contribution in [3.8, 4) is 0 Å². The van der Waals surface area contributed by atoms with E-state index >= 15 is 0 Å². The average molecular weight is 405 g/mol. The number of unbranched alkanes of at least 4 members (excludes halogenated alkanes) is 1. The van der Waals surface area contributed by atoms with Crippen molar-refractivity contribution in [1.82, 2.24) is 9.55 Å². The van der Waals surface area contributed by atoms with E-state index in [9.17, 15) is 9.59 Å². The van der Waals surface area contributed by atoms with Crippen LogP contribution in [0, 0.1) is 0 Å². The summed E-state index contributed by atoms with van der Waals surface area (Å²) in [5, 5.41) is 0.721. The molecule has 0 radical (unpaired) electrons. The quantitative estimate of drug-likeness (QED) is 0.433. The maximum absolute atomic E-state index is 12.7. The van der Waals surface area contributed by atoms with Crippen LogP contribution in [0.25, 0.3) is 0 Å². The summed E-state index contributed by atoms with van der Waals surface area (Å²) in [6.07, 6.45) is 2.84. The zero-order valence-electron chi connectivity index (χ0n) is 17.0. The van der Waals surface area contributed by atoms with Crippen LogP contribution in [0.3, 0.4) is 0 Å². The number of aryl methyl sites for hydroxylation is 1. The van der Waals surface area contributed by atoms with Gasteiger partial charge in [-0.2, -0.15) is 0 Å². The highest BCUT2D eigenvalue weighted by Gasteiger charge is 2.24. The first-order valence-corrected chi connectivity index (χ1v) is 10.6. The number of thioether (sulfide) groups is 1. The van der Waals surface area contributed by atoms with Gasteiger partial charge in [-0.1, -0.05) is 32.4 Å². The first-order valence-electron chi connectivity index (χ1n) is 9.62. The van der Waals surface area contributed by atoms with Gasteiger partial charge >= 0.3 is 11.9 Å². The summed E-state index contributed by atoms with van der Waals surface area (Å²) < 4.78 is 12.0.